The molecule has 0 aromatic carbocycles. The van der Waals surface area contributed by atoms with E-state index in [9.17, 15) is 8.42 Å². The molecule has 0 amide bonds. The van der Waals surface area contributed by atoms with Gasteiger partial charge in [0.1, 0.15) is 0 Å². The topological polar surface area (TPSA) is 49.4 Å². The third kappa shape index (κ3) is 4.93. The second-order valence-corrected chi connectivity index (χ2v) is 9.62. The van der Waals surface area contributed by atoms with Crippen LogP contribution in [0.25, 0.3) is 0 Å². The van der Waals surface area contributed by atoms with Crippen molar-refractivity contribution in [3.63, 3.8) is 0 Å². The highest BCUT2D eigenvalue weighted by atomic mass is 32.2. The van der Waals surface area contributed by atoms with E-state index in [2.05, 4.69) is 24.1 Å². The van der Waals surface area contributed by atoms with Crippen molar-refractivity contribution < 1.29 is 8.42 Å². The molecule has 2 fully saturated rings. The SMILES string of the molecule is CC(C)CN1CCC[C@H]1CNC1CCCCC1S(C)(=O)=O. The summed E-state index contributed by atoms with van der Waals surface area (Å²) >= 11 is 0. The average Bonchev–Trinajstić information content (AvgIpc) is 2.82. The zero-order chi connectivity index (χ0) is 15.5. The standard InChI is InChI=1S/C16H32N2O2S/c1-13(2)12-18-10-6-7-14(18)11-17-15-8-4-5-9-16(15)21(3,19)20/h13-17H,4-12H2,1-3H3/t14-,15?,16?/m0/s1. The normalized spacial score (nSPS) is 31.9. The fraction of sp³-hybridized carbons (Fsp3) is 1.00. The van der Waals surface area contributed by atoms with Crippen molar-refractivity contribution in [1.29, 1.82) is 0 Å². The molecule has 1 aliphatic carbocycles. The minimum Gasteiger partial charge on any atom is -0.311 e. The molecule has 21 heavy (non-hydrogen) atoms. The minimum atomic E-state index is -2.93. The third-order valence-corrected chi connectivity index (χ3v) is 6.63. The van der Waals surface area contributed by atoms with Crippen molar-refractivity contribution in [2.45, 2.75) is 69.7 Å². The molecular weight excluding hydrogens is 284 g/mol. The van der Waals surface area contributed by atoms with Gasteiger partial charge in [0.2, 0.25) is 0 Å². The van der Waals surface area contributed by atoms with E-state index in [1.807, 2.05) is 0 Å². The molecule has 1 saturated heterocycles. The number of rotatable bonds is 6. The number of sulfone groups is 1. The Kier molecular flexibility index (Phi) is 6.09. The highest BCUT2D eigenvalue weighted by Gasteiger charge is 2.33. The van der Waals surface area contributed by atoms with Crippen LogP contribution in [0.4, 0.5) is 0 Å². The number of hydrogen-bond donors (Lipinski definition) is 1. The lowest BCUT2D eigenvalue weighted by atomic mass is 9.94. The van der Waals surface area contributed by atoms with Gasteiger partial charge in [-0.05, 0) is 38.1 Å². The van der Waals surface area contributed by atoms with Crippen LogP contribution in [-0.2, 0) is 9.84 Å². The summed E-state index contributed by atoms with van der Waals surface area (Å²) in [6.45, 7) is 7.84. The van der Waals surface area contributed by atoms with Crippen LogP contribution >= 0.6 is 0 Å². The van der Waals surface area contributed by atoms with Crippen LogP contribution in [-0.4, -0.2) is 56.5 Å². The lowest BCUT2D eigenvalue weighted by Crippen LogP contribution is -2.50. The van der Waals surface area contributed by atoms with Crippen molar-refractivity contribution in [1.82, 2.24) is 10.2 Å². The number of hydrogen-bond acceptors (Lipinski definition) is 4. The van der Waals surface area contributed by atoms with Crippen LogP contribution in [0.2, 0.25) is 0 Å². The first-order valence-electron chi connectivity index (χ1n) is 8.54. The first kappa shape index (κ1) is 17.2. The summed E-state index contributed by atoms with van der Waals surface area (Å²) in [7, 11) is -2.93. The zero-order valence-corrected chi connectivity index (χ0v) is 14.7. The average molecular weight is 317 g/mol. The quantitative estimate of drug-likeness (QED) is 0.815. The van der Waals surface area contributed by atoms with Crippen LogP contribution in [0, 0.1) is 5.92 Å². The number of likely N-dealkylation sites (tertiary alicyclic amines) is 1. The van der Waals surface area contributed by atoms with E-state index in [-0.39, 0.29) is 11.3 Å². The van der Waals surface area contributed by atoms with Gasteiger partial charge in [-0.3, -0.25) is 4.90 Å². The summed E-state index contributed by atoms with van der Waals surface area (Å²) in [6.07, 6.45) is 7.97. The maximum atomic E-state index is 12.0. The minimum absolute atomic E-state index is 0.162. The summed E-state index contributed by atoms with van der Waals surface area (Å²) in [5, 5.41) is 3.43. The second kappa shape index (κ2) is 7.42. The molecule has 2 aliphatic rings. The monoisotopic (exact) mass is 316 g/mol. The Morgan fingerprint density at radius 2 is 1.86 bits per heavy atom. The van der Waals surface area contributed by atoms with Crippen molar-refractivity contribution in [2.75, 3.05) is 25.9 Å². The van der Waals surface area contributed by atoms with Gasteiger partial charge in [0.05, 0.1) is 5.25 Å². The molecule has 2 unspecified atom stereocenters. The summed E-state index contributed by atoms with van der Waals surface area (Å²) in [6, 6.07) is 0.754. The molecule has 1 heterocycles. The molecule has 0 aromatic heterocycles. The smallest absolute Gasteiger partial charge is 0.151 e. The lowest BCUT2D eigenvalue weighted by molar-refractivity contribution is 0.213. The van der Waals surface area contributed by atoms with Crippen molar-refractivity contribution in [3.05, 3.63) is 0 Å². The Morgan fingerprint density at radius 3 is 2.52 bits per heavy atom. The molecule has 0 bridgehead atoms. The molecule has 4 nitrogen and oxygen atoms in total. The predicted octanol–water partition coefficient (Wildman–Crippen LogP) is 2.05. The van der Waals surface area contributed by atoms with Crippen molar-refractivity contribution in [3.8, 4) is 0 Å². The van der Waals surface area contributed by atoms with Gasteiger partial charge in [-0.1, -0.05) is 26.7 Å². The lowest BCUT2D eigenvalue weighted by Gasteiger charge is -2.33. The van der Waals surface area contributed by atoms with E-state index in [0.29, 0.717) is 12.0 Å². The Hall–Kier alpha value is -0.130. The molecule has 5 heteroatoms. The van der Waals surface area contributed by atoms with E-state index >= 15 is 0 Å². The maximum absolute atomic E-state index is 12.0. The summed E-state index contributed by atoms with van der Waals surface area (Å²) in [5.74, 6) is 0.698. The molecule has 0 spiro atoms. The van der Waals surface area contributed by atoms with Gasteiger partial charge in [0.15, 0.2) is 9.84 Å². The van der Waals surface area contributed by atoms with Crippen LogP contribution < -0.4 is 5.32 Å². The molecule has 1 saturated carbocycles. The fourth-order valence-electron chi connectivity index (χ4n) is 3.97. The molecule has 1 N–H and O–H groups in total. The number of nitrogens with zero attached hydrogens (tertiary/aromatic N) is 1. The fourth-order valence-corrected chi connectivity index (χ4v) is 5.39. The Labute approximate surface area is 130 Å². The Bertz CT molecular complexity index is 422. The molecular formula is C16H32N2O2S. The van der Waals surface area contributed by atoms with Gasteiger partial charge < -0.3 is 5.32 Å². The van der Waals surface area contributed by atoms with Crippen LogP contribution in [0.5, 0.6) is 0 Å². The molecule has 3 atom stereocenters. The molecule has 0 aromatic rings. The summed E-state index contributed by atoms with van der Waals surface area (Å²) in [5.41, 5.74) is 0. The Morgan fingerprint density at radius 1 is 1.14 bits per heavy atom. The Balaban J connectivity index is 1.88. The highest BCUT2D eigenvalue weighted by molar-refractivity contribution is 7.91. The molecule has 1 aliphatic heterocycles. The number of nitrogens with one attached hydrogen (secondary N) is 1. The van der Waals surface area contributed by atoms with Gasteiger partial charge >= 0.3 is 0 Å². The highest BCUT2D eigenvalue weighted by Crippen LogP contribution is 2.25. The van der Waals surface area contributed by atoms with E-state index in [1.54, 1.807) is 0 Å². The van der Waals surface area contributed by atoms with Crippen LogP contribution in [0.3, 0.4) is 0 Å². The predicted molar refractivity (Wildman–Crippen MR) is 88.3 cm³/mol. The van der Waals surface area contributed by atoms with Gasteiger partial charge in [0.25, 0.3) is 0 Å². The molecule has 0 radical (unpaired) electrons. The van der Waals surface area contributed by atoms with Crippen LogP contribution in [0.1, 0.15) is 52.4 Å². The van der Waals surface area contributed by atoms with Crippen molar-refractivity contribution >= 4 is 9.84 Å². The van der Waals surface area contributed by atoms with Gasteiger partial charge in [-0.15, -0.1) is 0 Å². The maximum Gasteiger partial charge on any atom is 0.151 e. The van der Waals surface area contributed by atoms with E-state index in [4.69, 9.17) is 0 Å². The summed E-state index contributed by atoms with van der Waals surface area (Å²) in [4.78, 5) is 2.58. The summed E-state index contributed by atoms with van der Waals surface area (Å²) < 4.78 is 23.9. The van der Waals surface area contributed by atoms with Gasteiger partial charge in [-0.2, -0.15) is 0 Å². The van der Waals surface area contributed by atoms with Gasteiger partial charge in [-0.25, -0.2) is 8.42 Å². The van der Waals surface area contributed by atoms with Crippen LogP contribution in [0.15, 0.2) is 0 Å². The largest absolute Gasteiger partial charge is 0.311 e. The first-order valence-corrected chi connectivity index (χ1v) is 10.5. The first-order chi connectivity index (χ1) is 9.88. The zero-order valence-electron chi connectivity index (χ0n) is 13.8. The van der Waals surface area contributed by atoms with E-state index in [0.717, 1.165) is 38.8 Å². The van der Waals surface area contributed by atoms with E-state index < -0.39 is 9.84 Å². The molecule has 2 rings (SSSR count). The molecule has 124 valence electrons. The van der Waals surface area contributed by atoms with Gasteiger partial charge in [0, 0.05) is 31.4 Å². The van der Waals surface area contributed by atoms with Crippen molar-refractivity contribution in [2.24, 2.45) is 5.92 Å². The third-order valence-electron chi connectivity index (χ3n) is 4.97. The second-order valence-electron chi connectivity index (χ2n) is 7.35. The van der Waals surface area contributed by atoms with E-state index in [1.165, 1.54) is 25.6 Å².